The van der Waals surface area contributed by atoms with Crippen molar-refractivity contribution in [3.63, 3.8) is 0 Å². The molecule has 0 bridgehead atoms. The van der Waals surface area contributed by atoms with E-state index in [0.717, 1.165) is 17.0 Å². The largest absolute Gasteiger partial charge is 0.466 e. The monoisotopic (exact) mass is 274 g/mol. The fraction of sp³-hybridized carbons (Fsp3) is 0.357. The maximum atomic E-state index is 11.2. The van der Waals surface area contributed by atoms with E-state index < -0.39 is 0 Å². The summed E-state index contributed by atoms with van der Waals surface area (Å²) in [6, 6.07) is 9.85. The summed E-state index contributed by atoms with van der Waals surface area (Å²) in [6.07, 6.45) is 0.354. The molecule has 2 rings (SSSR count). The van der Waals surface area contributed by atoms with Gasteiger partial charge in [0.25, 0.3) is 0 Å². The molecule has 0 aliphatic rings. The summed E-state index contributed by atoms with van der Waals surface area (Å²) in [7, 11) is 0. The number of aromatic nitrogens is 3. The van der Waals surface area contributed by atoms with E-state index in [4.69, 9.17) is 4.74 Å². The van der Waals surface area contributed by atoms with Crippen LogP contribution in [0.3, 0.4) is 0 Å². The van der Waals surface area contributed by atoms with Gasteiger partial charge in [0, 0.05) is 18.7 Å². The van der Waals surface area contributed by atoms with Gasteiger partial charge < -0.3 is 10.1 Å². The third kappa shape index (κ3) is 3.89. The van der Waals surface area contributed by atoms with Crippen molar-refractivity contribution < 1.29 is 9.53 Å². The molecule has 2 aromatic rings. The number of rotatable bonds is 7. The maximum absolute atomic E-state index is 11.2. The van der Waals surface area contributed by atoms with Gasteiger partial charge in [-0.3, -0.25) is 4.79 Å². The van der Waals surface area contributed by atoms with E-state index in [9.17, 15) is 4.79 Å². The van der Waals surface area contributed by atoms with Gasteiger partial charge in [0.05, 0.1) is 13.0 Å². The molecule has 0 amide bonds. The van der Waals surface area contributed by atoms with E-state index in [1.54, 1.807) is 6.92 Å². The molecule has 2 N–H and O–H groups in total. The lowest BCUT2D eigenvalue weighted by Crippen LogP contribution is -2.19. The summed E-state index contributed by atoms with van der Waals surface area (Å²) in [4.78, 5) is 11.2. The molecule has 0 atom stereocenters. The molecule has 106 valence electrons. The number of hydrogen-bond donors (Lipinski definition) is 2. The van der Waals surface area contributed by atoms with Gasteiger partial charge in [0.2, 0.25) is 0 Å². The molecule has 1 aromatic carbocycles. The lowest BCUT2D eigenvalue weighted by molar-refractivity contribution is -0.142. The zero-order valence-electron chi connectivity index (χ0n) is 11.4. The second-order valence-electron chi connectivity index (χ2n) is 4.22. The molecule has 0 saturated heterocycles. The Balaban J connectivity index is 1.86. The number of H-pyrrole nitrogens is 1. The summed E-state index contributed by atoms with van der Waals surface area (Å²) in [6.45, 7) is 3.33. The van der Waals surface area contributed by atoms with Crippen molar-refractivity contribution in [2.75, 3.05) is 13.2 Å². The minimum absolute atomic E-state index is 0.191. The number of esters is 1. The molecule has 0 aliphatic heterocycles. The molecule has 1 aromatic heterocycles. The highest BCUT2D eigenvalue weighted by Crippen LogP contribution is 2.18. The van der Waals surface area contributed by atoms with Crippen LogP contribution in [0.2, 0.25) is 0 Å². The van der Waals surface area contributed by atoms with Gasteiger partial charge in [-0.15, -0.1) is 0 Å². The lowest BCUT2D eigenvalue weighted by Gasteiger charge is -2.04. The Kier molecular flexibility index (Phi) is 5.25. The third-order valence-corrected chi connectivity index (χ3v) is 2.77. The Morgan fingerprint density at radius 3 is 2.85 bits per heavy atom. The number of ether oxygens (including phenoxy) is 1. The van der Waals surface area contributed by atoms with Gasteiger partial charge in [-0.05, 0) is 6.92 Å². The number of carbonyl (C=O) groups is 1. The van der Waals surface area contributed by atoms with Crippen molar-refractivity contribution in [2.45, 2.75) is 19.9 Å². The summed E-state index contributed by atoms with van der Waals surface area (Å²) in [5.41, 5.74) is 2.68. The van der Waals surface area contributed by atoms with Crippen LogP contribution in [0.5, 0.6) is 0 Å². The lowest BCUT2D eigenvalue weighted by atomic mass is 10.1. The molecule has 6 nitrogen and oxygen atoms in total. The fourth-order valence-electron chi connectivity index (χ4n) is 1.83. The highest BCUT2D eigenvalue weighted by atomic mass is 16.5. The number of carbonyl (C=O) groups excluding carboxylic acids is 1. The van der Waals surface area contributed by atoms with Crippen molar-refractivity contribution >= 4 is 5.97 Å². The van der Waals surface area contributed by atoms with Gasteiger partial charge in [0.15, 0.2) is 0 Å². The first kappa shape index (κ1) is 14.2. The number of nitrogens with zero attached hydrogens (tertiary/aromatic N) is 2. The van der Waals surface area contributed by atoms with Gasteiger partial charge >= 0.3 is 5.97 Å². The average molecular weight is 274 g/mol. The molecule has 0 fully saturated rings. The average Bonchev–Trinajstić information content (AvgIpc) is 2.93. The highest BCUT2D eigenvalue weighted by molar-refractivity contribution is 5.69. The molecule has 0 unspecified atom stereocenters. The van der Waals surface area contributed by atoms with Crippen LogP contribution in [0.4, 0.5) is 0 Å². The fourth-order valence-corrected chi connectivity index (χ4v) is 1.83. The minimum Gasteiger partial charge on any atom is -0.466 e. The van der Waals surface area contributed by atoms with Crippen molar-refractivity contribution in [2.24, 2.45) is 0 Å². The van der Waals surface area contributed by atoms with Gasteiger partial charge in [-0.2, -0.15) is 15.4 Å². The summed E-state index contributed by atoms with van der Waals surface area (Å²) >= 11 is 0. The van der Waals surface area contributed by atoms with Crippen molar-refractivity contribution in [1.29, 1.82) is 0 Å². The molecule has 6 heteroatoms. The molecule has 0 radical (unpaired) electrons. The Morgan fingerprint density at radius 2 is 2.10 bits per heavy atom. The third-order valence-electron chi connectivity index (χ3n) is 2.77. The smallest absolute Gasteiger partial charge is 0.307 e. The van der Waals surface area contributed by atoms with Crippen LogP contribution in [-0.2, 0) is 16.1 Å². The van der Waals surface area contributed by atoms with Gasteiger partial charge in [-0.25, -0.2) is 0 Å². The van der Waals surface area contributed by atoms with E-state index in [-0.39, 0.29) is 5.97 Å². The van der Waals surface area contributed by atoms with E-state index >= 15 is 0 Å². The molecule has 0 spiro atoms. The van der Waals surface area contributed by atoms with Crippen LogP contribution in [0, 0.1) is 0 Å². The first-order chi connectivity index (χ1) is 9.81. The van der Waals surface area contributed by atoms with Gasteiger partial charge in [0.1, 0.15) is 11.4 Å². The number of benzene rings is 1. The van der Waals surface area contributed by atoms with Crippen molar-refractivity contribution in [1.82, 2.24) is 20.7 Å². The van der Waals surface area contributed by atoms with Crippen LogP contribution >= 0.6 is 0 Å². The van der Waals surface area contributed by atoms with Crippen LogP contribution in [0.15, 0.2) is 30.3 Å². The zero-order chi connectivity index (χ0) is 14.2. The van der Waals surface area contributed by atoms with Crippen LogP contribution < -0.4 is 5.32 Å². The second-order valence-corrected chi connectivity index (χ2v) is 4.22. The zero-order valence-corrected chi connectivity index (χ0v) is 11.4. The Hall–Kier alpha value is -2.21. The van der Waals surface area contributed by atoms with E-state index in [1.807, 2.05) is 30.3 Å². The summed E-state index contributed by atoms with van der Waals surface area (Å²) < 4.78 is 4.86. The van der Waals surface area contributed by atoms with Gasteiger partial charge in [-0.1, -0.05) is 30.3 Å². The molecule has 1 heterocycles. The number of aromatic amines is 1. The molecule has 0 saturated carbocycles. The second kappa shape index (κ2) is 7.40. The molecular formula is C14H18N4O2. The predicted molar refractivity (Wildman–Crippen MR) is 74.8 cm³/mol. The Labute approximate surface area is 117 Å². The highest BCUT2D eigenvalue weighted by Gasteiger charge is 2.09. The van der Waals surface area contributed by atoms with Crippen molar-refractivity contribution in [3.8, 4) is 11.3 Å². The van der Waals surface area contributed by atoms with E-state index in [2.05, 4.69) is 20.7 Å². The van der Waals surface area contributed by atoms with Crippen LogP contribution in [-0.4, -0.2) is 34.5 Å². The quantitative estimate of drug-likeness (QED) is 0.591. The van der Waals surface area contributed by atoms with E-state index in [0.29, 0.717) is 26.1 Å². The number of nitrogens with one attached hydrogen (secondary N) is 2. The first-order valence-corrected chi connectivity index (χ1v) is 6.62. The minimum atomic E-state index is -0.191. The maximum Gasteiger partial charge on any atom is 0.307 e. The number of hydrogen-bond acceptors (Lipinski definition) is 5. The first-order valence-electron chi connectivity index (χ1n) is 6.62. The van der Waals surface area contributed by atoms with Crippen LogP contribution in [0.1, 0.15) is 19.0 Å². The SMILES string of the molecule is CCOC(=O)CCNCc1n[nH]nc1-c1ccccc1. The summed E-state index contributed by atoms with van der Waals surface area (Å²) in [5.74, 6) is -0.191. The summed E-state index contributed by atoms with van der Waals surface area (Å²) in [5, 5.41) is 14.1. The Bertz CT molecular complexity index is 539. The van der Waals surface area contributed by atoms with E-state index in [1.165, 1.54) is 0 Å². The molecule has 0 aliphatic carbocycles. The van der Waals surface area contributed by atoms with Crippen LogP contribution in [0.25, 0.3) is 11.3 Å². The standard InChI is InChI=1S/C14H18N4O2/c1-2-20-13(19)8-9-15-10-12-14(17-18-16-12)11-6-4-3-5-7-11/h3-7,15H,2,8-10H2,1H3,(H,16,17,18). The normalized spacial score (nSPS) is 10.4. The molecular weight excluding hydrogens is 256 g/mol. The van der Waals surface area contributed by atoms with Crippen molar-refractivity contribution in [3.05, 3.63) is 36.0 Å². The Morgan fingerprint density at radius 1 is 1.30 bits per heavy atom. The topological polar surface area (TPSA) is 79.9 Å². The molecule has 20 heavy (non-hydrogen) atoms. The predicted octanol–water partition coefficient (Wildman–Crippen LogP) is 1.51.